The number of rotatable bonds is 4. The van der Waals surface area contributed by atoms with Crippen molar-refractivity contribution < 1.29 is 9.84 Å². The number of ether oxygens (including phenoxy) is 1. The number of hydrogen-bond donors (Lipinski definition) is 2. The van der Waals surface area contributed by atoms with E-state index in [1.54, 1.807) is 7.11 Å². The normalized spacial score (nSPS) is 24.6. The van der Waals surface area contributed by atoms with Gasteiger partial charge in [-0.1, -0.05) is 12.1 Å². The molecule has 0 amide bonds. The Balaban J connectivity index is 2.07. The molecule has 3 nitrogen and oxygen atoms in total. The maximum absolute atomic E-state index is 9.49. The third-order valence-electron chi connectivity index (χ3n) is 3.34. The second-order valence-corrected chi connectivity index (χ2v) is 4.49. The van der Waals surface area contributed by atoms with Gasteiger partial charge in [0.05, 0.1) is 13.7 Å². The quantitative estimate of drug-likeness (QED) is 0.806. The molecule has 0 spiro atoms. The summed E-state index contributed by atoms with van der Waals surface area (Å²) in [6.45, 7) is 1.22. The second kappa shape index (κ2) is 4.85. The molecule has 2 rings (SSSR count). The van der Waals surface area contributed by atoms with Gasteiger partial charge in [-0.25, -0.2) is 0 Å². The summed E-state index contributed by atoms with van der Waals surface area (Å²) in [6, 6.07) is 8.07. The summed E-state index contributed by atoms with van der Waals surface area (Å²) >= 11 is 0. The van der Waals surface area contributed by atoms with Crippen LogP contribution < -0.4 is 10.1 Å². The van der Waals surface area contributed by atoms with E-state index in [0.29, 0.717) is 0 Å². The maximum atomic E-state index is 9.49. The van der Waals surface area contributed by atoms with Crippen LogP contribution in [0.15, 0.2) is 24.3 Å². The first-order valence-corrected chi connectivity index (χ1v) is 5.77. The van der Waals surface area contributed by atoms with Crippen molar-refractivity contribution in [1.82, 2.24) is 5.32 Å². The molecule has 1 aromatic rings. The predicted octanol–water partition coefficient (Wildman–Crippen LogP) is 1.35. The SMILES string of the molecule is COc1ccc(CC2(CO)CCCN2)cc1. The molecule has 1 saturated heterocycles. The molecule has 0 saturated carbocycles. The fourth-order valence-electron chi connectivity index (χ4n) is 2.34. The molecular formula is C13H19NO2. The zero-order valence-corrected chi connectivity index (χ0v) is 9.70. The van der Waals surface area contributed by atoms with Crippen molar-refractivity contribution in [2.24, 2.45) is 0 Å². The Morgan fingerprint density at radius 2 is 2.12 bits per heavy atom. The van der Waals surface area contributed by atoms with Crippen LogP contribution in [0.25, 0.3) is 0 Å². The van der Waals surface area contributed by atoms with Crippen LogP contribution in [0.2, 0.25) is 0 Å². The third-order valence-corrected chi connectivity index (χ3v) is 3.34. The molecule has 0 bridgehead atoms. The number of aliphatic hydroxyl groups is 1. The second-order valence-electron chi connectivity index (χ2n) is 4.49. The lowest BCUT2D eigenvalue weighted by molar-refractivity contribution is 0.177. The number of hydrogen-bond acceptors (Lipinski definition) is 3. The molecule has 3 heteroatoms. The Labute approximate surface area is 96.4 Å². The highest BCUT2D eigenvalue weighted by Gasteiger charge is 2.32. The smallest absolute Gasteiger partial charge is 0.118 e. The van der Waals surface area contributed by atoms with Crippen LogP contribution >= 0.6 is 0 Å². The Bertz CT molecular complexity index is 328. The number of nitrogens with one attached hydrogen (secondary N) is 1. The van der Waals surface area contributed by atoms with E-state index in [0.717, 1.165) is 31.6 Å². The van der Waals surface area contributed by atoms with Gasteiger partial charge in [0.15, 0.2) is 0 Å². The van der Waals surface area contributed by atoms with Crippen LogP contribution in [-0.4, -0.2) is 30.9 Å². The van der Waals surface area contributed by atoms with Gasteiger partial charge >= 0.3 is 0 Å². The number of benzene rings is 1. The molecule has 1 heterocycles. The van der Waals surface area contributed by atoms with E-state index in [1.807, 2.05) is 12.1 Å². The summed E-state index contributed by atoms with van der Waals surface area (Å²) in [7, 11) is 1.67. The molecule has 0 aromatic heterocycles. The minimum Gasteiger partial charge on any atom is -0.497 e. The monoisotopic (exact) mass is 221 g/mol. The van der Waals surface area contributed by atoms with Crippen molar-refractivity contribution in [3.05, 3.63) is 29.8 Å². The van der Waals surface area contributed by atoms with Gasteiger partial charge in [-0.3, -0.25) is 0 Å². The van der Waals surface area contributed by atoms with Crippen LogP contribution in [0.1, 0.15) is 18.4 Å². The molecule has 0 radical (unpaired) electrons. The summed E-state index contributed by atoms with van der Waals surface area (Å²) in [5.74, 6) is 0.876. The van der Waals surface area contributed by atoms with Gasteiger partial charge in [0.1, 0.15) is 5.75 Å². The topological polar surface area (TPSA) is 41.5 Å². The molecule has 0 aliphatic carbocycles. The lowest BCUT2D eigenvalue weighted by atomic mass is 9.90. The zero-order valence-electron chi connectivity index (χ0n) is 9.70. The van der Waals surface area contributed by atoms with Gasteiger partial charge in [0, 0.05) is 5.54 Å². The molecule has 1 atom stereocenters. The van der Waals surface area contributed by atoms with Crippen molar-refractivity contribution in [1.29, 1.82) is 0 Å². The van der Waals surface area contributed by atoms with Gasteiger partial charge in [-0.05, 0) is 43.5 Å². The molecular weight excluding hydrogens is 202 g/mol. The summed E-state index contributed by atoms with van der Waals surface area (Å²) in [5, 5.41) is 12.9. The van der Waals surface area contributed by atoms with Crippen molar-refractivity contribution in [2.45, 2.75) is 24.8 Å². The maximum Gasteiger partial charge on any atom is 0.118 e. The van der Waals surface area contributed by atoms with E-state index in [1.165, 1.54) is 5.56 Å². The lowest BCUT2D eigenvalue weighted by Crippen LogP contribution is -2.45. The Morgan fingerprint density at radius 1 is 1.38 bits per heavy atom. The minimum atomic E-state index is -0.103. The molecule has 1 aliphatic rings. The lowest BCUT2D eigenvalue weighted by Gasteiger charge is -2.27. The summed E-state index contributed by atoms with van der Waals surface area (Å²) in [6.07, 6.45) is 3.08. The first-order chi connectivity index (χ1) is 7.78. The average molecular weight is 221 g/mol. The molecule has 2 N–H and O–H groups in total. The highest BCUT2D eigenvalue weighted by atomic mass is 16.5. The van der Waals surface area contributed by atoms with E-state index < -0.39 is 0 Å². The van der Waals surface area contributed by atoms with Gasteiger partial charge in [0.25, 0.3) is 0 Å². The average Bonchev–Trinajstić information content (AvgIpc) is 2.79. The van der Waals surface area contributed by atoms with Crippen LogP contribution in [-0.2, 0) is 6.42 Å². The third kappa shape index (κ3) is 2.36. The molecule has 1 fully saturated rings. The fraction of sp³-hybridized carbons (Fsp3) is 0.538. The van der Waals surface area contributed by atoms with Crippen molar-refractivity contribution >= 4 is 0 Å². The molecule has 1 unspecified atom stereocenters. The van der Waals surface area contributed by atoms with Crippen LogP contribution in [0.4, 0.5) is 0 Å². The Kier molecular flexibility index (Phi) is 3.46. The Hall–Kier alpha value is -1.06. The first-order valence-electron chi connectivity index (χ1n) is 5.77. The zero-order chi connectivity index (χ0) is 11.4. The van der Waals surface area contributed by atoms with Gasteiger partial charge in [-0.15, -0.1) is 0 Å². The van der Waals surface area contributed by atoms with E-state index in [2.05, 4.69) is 17.4 Å². The van der Waals surface area contributed by atoms with Crippen LogP contribution in [0, 0.1) is 0 Å². The molecule has 16 heavy (non-hydrogen) atoms. The highest BCUT2D eigenvalue weighted by molar-refractivity contribution is 5.28. The predicted molar refractivity (Wildman–Crippen MR) is 63.8 cm³/mol. The summed E-state index contributed by atoms with van der Waals surface area (Å²) < 4.78 is 5.13. The van der Waals surface area contributed by atoms with Crippen LogP contribution in [0.3, 0.4) is 0 Å². The fourth-order valence-corrected chi connectivity index (χ4v) is 2.34. The first kappa shape index (κ1) is 11.4. The van der Waals surface area contributed by atoms with Crippen molar-refractivity contribution in [3.63, 3.8) is 0 Å². The standard InChI is InChI=1S/C13H19NO2/c1-16-12-5-3-11(4-6-12)9-13(10-15)7-2-8-14-13/h3-6,14-15H,2,7-10H2,1H3. The molecule has 1 aromatic carbocycles. The van der Waals surface area contributed by atoms with E-state index in [-0.39, 0.29) is 12.1 Å². The molecule has 1 aliphatic heterocycles. The van der Waals surface area contributed by atoms with E-state index >= 15 is 0 Å². The van der Waals surface area contributed by atoms with Gasteiger partial charge in [-0.2, -0.15) is 0 Å². The Morgan fingerprint density at radius 3 is 2.62 bits per heavy atom. The number of methoxy groups -OCH3 is 1. The summed E-state index contributed by atoms with van der Waals surface area (Å²) in [4.78, 5) is 0. The minimum absolute atomic E-state index is 0.103. The van der Waals surface area contributed by atoms with Crippen molar-refractivity contribution in [3.8, 4) is 5.75 Å². The van der Waals surface area contributed by atoms with E-state index in [9.17, 15) is 5.11 Å². The molecule has 88 valence electrons. The largest absolute Gasteiger partial charge is 0.497 e. The van der Waals surface area contributed by atoms with E-state index in [4.69, 9.17) is 4.74 Å². The summed E-state index contributed by atoms with van der Waals surface area (Å²) in [5.41, 5.74) is 1.14. The van der Waals surface area contributed by atoms with Crippen LogP contribution in [0.5, 0.6) is 5.75 Å². The van der Waals surface area contributed by atoms with Crippen molar-refractivity contribution in [2.75, 3.05) is 20.3 Å². The van der Waals surface area contributed by atoms with Gasteiger partial charge < -0.3 is 15.2 Å². The number of aliphatic hydroxyl groups excluding tert-OH is 1. The highest BCUT2D eigenvalue weighted by Crippen LogP contribution is 2.24. The van der Waals surface area contributed by atoms with Gasteiger partial charge in [0.2, 0.25) is 0 Å².